The summed E-state index contributed by atoms with van der Waals surface area (Å²) in [6.45, 7) is 6.88. The van der Waals surface area contributed by atoms with Gasteiger partial charge in [0.1, 0.15) is 0 Å². The first-order valence-corrected chi connectivity index (χ1v) is 5.08. The Bertz CT molecular complexity index is 317. The second kappa shape index (κ2) is 6.22. The van der Waals surface area contributed by atoms with Gasteiger partial charge in [0.05, 0.1) is 18.3 Å². The zero-order valence-corrected chi connectivity index (χ0v) is 8.88. The number of rotatable bonds is 4. The van der Waals surface area contributed by atoms with E-state index in [1.807, 2.05) is 17.1 Å². The molecule has 0 amide bonds. The summed E-state index contributed by atoms with van der Waals surface area (Å²) in [6, 6.07) is 0. The van der Waals surface area contributed by atoms with Crippen LogP contribution >= 0.6 is 0 Å². The van der Waals surface area contributed by atoms with Crippen molar-refractivity contribution in [2.24, 2.45) is 0 Å². The molecule has 0 saturated heterocycles. The third kappa shape index (κ3) is 3.63. The predicted molar refractivity (Wildman–Crippen MR) is 57.9 cm³/mol. The molecule has 0 spiro atoms. The highest BCUT2D eigenvalue weighted by Crippen LogP contribution is 1.95. The van der Waals surface area contributed by atoms with Crippen molar-refractivity contribution in [3.05, 3.63) is 18.0 Å². The summed E-state index contributed by atoms with van der Waals surface area (Å²) < 4.78 is 1.93. The van der Waals surface area contributed by atoms with Crippen LogP contribution in [0.3, 0.4) is 0 Å². The number of hydrogen-bond acceptors (Lipinski definition) is 2. The van der Waals surface area contributed by atoms with E-state index in [0.29, 0.717) is 0 Å². The van der Waals surface area contributed by atoms with Crippen LogP contribution in [-0.2, 0) is 6.54 Å². The summed E-state index contributed by atoms with van der Waals surface area (Å²) in [5, 5.41) is 7.35. The summed E-state index contributed by atoms with van der Waals surface area (Å²) in [5.74, 6) is 6.11. The second-order valence-electron chi connectivity index (χ2n) is 3.07. The maximum Gasteiger partial charge on any atom is 0.0646 e. The third-order valence-corrected chi connectivity index (χ3v) is 1.78. The van der Waals surface area contributed by atoms with E-state index in [1.54, 1.807) is 0 Å². The molecule has 0 aliphatic rings. The number of nitrogens with zero attached hydrogens (tertiary/aromatic N) is 2. The first-order chi connectivity index (χ1) is 6.86. The minimum atomic E-state index is 0.745. The summed E-state index contributed by atoms with van der Waals surface area (Å²) in [5.41, 5.74) is 0.997. The quantitative estimate of drug-likeness (QED) is 0.573. The van der Waals surface area contributed by atoms with Crippen LogP contribution in [0.15, 0.2) is 12.4 Å². The lowest BCUT2D eigenvalue weighted by atomic mass is 10.3. The molecular formula is C11H17N3. The molecule has 1 rings (SSSR count). The fourth-order valence-corrected chi connectivity index (χ4v) is 1.11. The maximum atomic E-state index is 4.20. The monoisotopic (exact) mass is 191 g/mol. The van der Waals surface area contributed by atoms with E-state index in [4.69, 9.17) is 0 Å². The van der Waals surface area contributed by atoms with Gasteiger partial charge in [-0.05, 0) is 13.0 Å². The Labute approximate surface area is 85.5 Å². The number of hydrogen-bond donors (Lipinski definition) is 1. The molecular weight excluding hydrogens is 174 g/mol. The normalized spacial score (nSPS) is 9.57. The Kier molecular flexibility index (Phi) is 4.81. The SMILES string of the molecule is CCCn1cc(C#CCNCC)cn1. The van der Waals surface area contributed by atoms with Gasteiger partial charge in [-0.15, -0.1) is 0 Å². The lowest BCUT2D eigenvalue weighted by Crippen LogP contribution is -2.11. The Balaban J connectivity index is 2.44. The minimum Gasteiger partial charge on any atom is -0.306 e. The maximum absolute atomic E-state index is 4.20. The van der Waals surface area contributed by atoms with Gasteiger partial charge >= 0.3 is 0 Å². The summed E-state index contributed by atoms with van der Waals surface area (Å²) in [7, 11) is 0. The molecule has 14 heavy (non-hydrogen) atoms. The van der Waals surface area contributed by atoms with Gasteiger partial charge in [-0.25, -0.2) is 0 Å². The molecule has 0 aliphatic heterocycles. The highest BCUT2D eigenvalue weighted by atomic mass is 15.3. The number of nitrogens with one attached hydrogen (secondary N) is 1. The van der Waals surface area contributed by atoms with Crippen LogP contribution in [0.25, 0.3) is 0 Å². The van der Waals surface area contributed by atoms with Gasteiger partial charge in [-0.2, -0.15) is 5.10 Å². The van der Waals surface area contributed by atoms with Crippen molar-refractivity contribution in [1.82, 2.24) is 15.1 Å². The van der Waals surface area contributed by atoms with Crippen LogP contribution in [0.1, 0.15) is 25.8 Å². The van der Waals surface area contributed by atoms with Crippen LogP contribution in [0, 0.1) is 11.8 Å². The zero-order valence-electron chi connectivity index (χ0n) is 8.88. The molecule has 1 heterocycles. The van der Waals surface area contributed by atoms with E-state index in [1.165, 1.54) is 0 Å². The fourth-order valence-electron chi connectivity index (χ4n) is 1.11. The van der Waals surface area contributed by atoms with Gasteiger partial charge in [0.2, 0.25) is 0 Å². The van der Waals surface area contributed by atoms with Gasteiger partial charge in [0, 0.05) is 12.7 Å². The van der Waals surface area contributed by atoms with Crippen molar-refractivity contribution in [3.63, 3.8) is 0 Å². The van der Waals surface area contributed by atoms with Crippen LogP contribution < -0.4 is 5.32 Å². The number of aryl methyl sites for hydroxylation is 1. The molecule has 76 valence electrons. The average Bonchev–Trinajstić information content (AvgIpc) is 2.61. The second-order valence-corrected chi connectivity index (χ2v) is 3.07. The van der Waals surface area contributed by atoms with Crippen LogP contribution in [0.2, 0.25) is 0 Å². The summed E-state index contributed by atoms with van der Waals surface area (Å²) in [4.78, 5) is 0. The van der Waals surface area contributed by atoms with Gasteiger partial charge in [-0.3, -0.25) is 4.68 Å². The van der Waals surface area contributed by atoms with Gasteiger partial charge < -0.3 is 5.32 Å². The summed E-state index contributed by atoms with van der Waals surface area (Å²) >= 11 is 0. The molecule has 3 heteroatoms. The molecule has 0 unspecified atom stereocenters. The molecule has 0 radical (unpaired) electrons. The Morgan fingerprint density at radius 1 is 1.50 bits per heavy atom. The van der Waals surface area contributed by atoms with Gasteiger partial charge in [0.25, 0.3) is 0 Å². The zero-order chi connectivity index (χ0) is 10.2. The van der Waals surface area contributed by atoms with E-state index in [-0.39, 0.29) is 0 Å². The highest BCUT2D eigenvalue weighted by molar-refractivity contribution is 5.29. The fraction of sp³-hybridized carbons (Fsp3) is 0.545. The van der Waals surface area contributed by atoms with Crippen LogP contribution in [-0.4, -0.2) is 22.9 Å². The van der Waals surface area contributed by atoms with E-state index < -0.39 is 0 Å². The lowest BCUT2D eigenvalue weighted by molar-refractivity contribution is 0.602. The topological polar surface area (TPSA) is 29.9 Å². The van der Waals surface area contributed by atoms with Crippen molar-refractivity contribution in [1.29, 1.82) is 0 Å². The third-order valence-electron chi connectivity index (χ3n) is 1.78. The molecule has 1 aromatic rings. The Hall–Kier alpha value is -1.27. The van der Waals surface area contributed by atoms with E-state index in [2.05, 4.69) is 36.1 Å². The van der Waals surface area contributed by atoms with Gasteiger partial charge in [0.15, 0.2) is 0 Å². The molecule has 1 aromatic heterocycles. The number of aromatic nitrogens is 2. The highest BCUT2D eigenvalue weighted by Gasteiger charge is 1.92. The molecule has 1 N–H and O–H groups in total. The van der Waals surface area contributed by atoms with Crippen molar-refractivity contribution in [3.8, 4) is 11.8 Å². The first kappa shape index (κ1) is 10.8. The van der Waals surface area contributed by atoms with E-state index in [9.17, 15) is 0 Å². The van der Waals surface area contributed by atoms with Crippen LogP contribution in [0.5, 0.6) is 0 Å². The smallest absolute Gasteiger partial charge is 0.0646 e. The Morgan fingerprint density at radius 3 is 3.07 bits per heavy atom. The lowest BCUT2D eigenvalue weighted by Gasteiger charge is -1.93. The molecule has 0 aliphatic carbocycles. The van der Waals surface area contributed by atoms with Crippen molar-refractivity contribution in [2.75, 3.05) is 13.1 Å². The largest absolute Gasteiger partial charge is 0.306 e. The van der Waals surface area contributed by atoms with Crippen molar-refractivity contribution in [2.45, 2.75) is 26.8 Å². The Morgan fingerprint density at radius 2 is 2.36 bits per heavy atom. The molecule has 0 saturated carbocycles. The molecule has 3 nitrogen and oxygen atoms in total. The van der Waals surface area contributed by atoms with E-state index >= 15 is 0 Å². The van der Waals surface area contributed by atoms with Crippen LogP contribution in [0.4, 0.5) is 0 Å². The molecule has 0 atom stereocenters. The molecule has 0 fully saturated rings. The average molecular weight is 191 g/mol. The van der Waals surface area contributed by atoms with Crippen molar-refractivity contribution >= 4 is 0 Å². The minimum absolute atomic E-state index is 0.745. The van der Waals surface area contributed by atoms with E-state index in [0.717, 1.165) is 31.6 Å². The molecule has 0 bridgehead atoms. The summed E-state index contributed by atoms with van der Waals surface area (Å²) in [6.07, 6.45) is 4.91. The standard InChI is InChI=1S/C11H17N3/c1-3-8-14-10-11(9-13-14)6-5-7-12-4-2/h9-10,12H,3-4,7-8H2,1-2H3. The molecule has 0 aromatic carbocycles. The van der Waals surface area contributed by atoms with Gasteiger partial charge in [-0.1, -0.05) is 25.7 Å². The van der Waals surface area contributed by atoms with Crippen molar-refractivity contribution < 1.29 is 0 Å². The first-order valence-electron chi connectivity index (χ1n) is 5.08. The predicted octanol–water partition coefficient (Wildman–Crippen LogP) is 1.25.